The molecule has 134 heavy (non-hydrogen) atoms. The number of H-pyrrole nitrogens is 3. The fraction of sp³-hybridized carbons (Fsp3) is 0.505. The van der Waals surface area contributed by atoms with Crippen LogP contribution in [0.15, 0.2) is 123 Å². The van der Waals surface area contributed by atoms with E-state index < -0.39 is 229 Å². The number of phenolic OH excluding ortho intramolecular Hbond substituents is 1. The van der Waals surface area contributed by atoms with E-state index in [1.807, 2.05) is 26.0 Å². The maximum Gasteiger partial charge on any atom is 0.245 e. The highest BCUT2D eigenvalue weighted by atomic mass is 32.2. The predicted molar refractivity (Wildman–Crippen MR) is 498 cm³/mol. The number of imidazole rings is 1. The van der Waals surface area contributed by atoms with Crippen molar-refractivity contribution in [1.82, 2.24) is 97.6 Å². The van der Waals surface area contributed by atoms with Crippen LogP contribution in [0.4, 0.5) is 0 Å². The monoisotopic (exact) mass is 1870 g/mol. The molecule has 6 heterocycles. The number of primary amides is 2. The van der Waals surface area contributed by atoms with Gasteiger partial charge >= 0.3 is 0 Å². The van der Waals surface area contributed by atoms with Gasteiger partial charge in [0.05, 0.1) is 24.7 Å². The van der Waals surface area contributed by atoms with E-state index in [-0.39, 0.29) is 95.3 Å². The van der Waals surface area contributed by atoms with Crippen LogP contribution >= 0.6 is 11.8 Å². The number of hydrogen-bond acceptors (Lipinski definition) is 21. The molecule has 3 saturated heterocycles. The molecule has 9 rings (SSSR count). The number of thioether (sulfide) groups is 1. The minimum absolute atomic E-state index is 0.0218. The van der Waals surface area contributed by atoms with Gasteiger partial charge in [-0.15, -0.1) is 24.9 Å². The van der Waals surface area contributed by atoms with E-state index in [9.17, 15) is 48.6 Å². The number of fused-ring (bicyclic) bond motifs is 4. The van der Waals surface area contributed by atoms with Crippen LogP contribution in [0.3, 0.4) is 0 Å². The van der Waals surface area contributed by atoms with Crippen molar-refractivity contribution in [1.29, 1.82) is 0 Å². The number of aromatic amines is 3. The first-order chi connectivity index (χ1) is 63.9. The summed E-state index contributed by atoms with van der Waals surface area (Å²) in [5.74, 6) is -16.3. The van der Waals surface area contributed by atoms with Crippen LogP contribution in [-0.2, 0) is 107 Å². The maximum absolute atomic E-state index is 15.8. The molecule has 1 unspecified atom stereocenters. The van der Waals surface area contributed by atoms with Gasteiger partial charge in [0.25, 0.3) is 0 Å². The lowest BCUT2D eigenvalue weighted by atomic mass is 9.99. The SMILES string of the molecule is C=CC[C@@H]1NC(=O)[C@H](Cc2c[nH]c3ccccc23)NC(=O)C2C[C@@H](O)CN2C(=O)[C@H](CC(C)C)NC(=O)[C@H](Cc2cnc[nH]2)NC(=O)[C@@H]2CCCN2C(=O)[C@H](CCC(N)=O)NC(=O)[C@H](C)N(C)C(=O)[C@H](Cc2ccc(O)cc2)NC(=O)CSC[C@@H](C(=O)NCC(N)=O)NC(=O)[C@H](CC=C)NC(=O)[C@H](CCCC)N(C)C(=O)[C@H](CCCC)N(C)C(=O)[C@H](Cc2c[nH]c3ccccc23)NC1=O. The van der Waals surface area contributed by atoms with Crippen LogP contribution in [0.25, 0.3) is 21.8 Å². The van der Waals surface area contributed by atoms with Crippen molar-refractivity contribution in [2.24, 2.45) is 17.4 Å². The Morgan fingerprint density at radius 1 is 0.552 bits per heavy atom. The van der Waals surface area contributed by atoms with Crippen LogP contribution < -0.4 is 64.6 Å². The average molecular weight is 1880 g/mol. The highest BCUT2D eigenvalue weighted by molar-refractivity contribution is 8.00. The summed E-state index contributed by atoms with van der Waals surface area (Å²) in [7, 11) is 4.02. The topological polar surface area (TPSA) is 579 Å². The molecule has 15 atom stereocenters. The fourth-order valence-electron chi connectivity index (χ4n) is 16.7. The summed E-state index contributed by atoms with van der Waals surface area (Å²) in [6.07, 6.45) is 6.70. The van der Waals surface area contributed by atoms with E-state index in [4.69, 9.17) is 11.5 Å². The van der Waals surface area contributed by atoms with Gasteiger partial charge < -0.3 is 114 Å². The molecule has 3 aliphatic rings. The Hall–Kier alpha value is -13.5. The lowest BCUT2D eigenvalue weighted by Gasteiger charge is -2.36. The summed E-state index contributed by atoms with van der Waals surface area (Å²) in [6.45, 7) is 15.1. The average Bonchev–Trinajstić information content (AvgIpc) is 1.67. The molecular formula is C93H127N21O19S. The Kier molecular flexibility index (Phi) is 38.8. The minimum Gasteiger partial charge on any atom is -0.508 e. The Morgan fingerprint density at radius 3 is 1.65 bits per heavy atom. The summed E-state index contributed by atoms with van der Waals surface area (Å²) in [4.78, 5) is 269. The number of benzene rings is 3. The van der Waals surface area contributed by atoms with Gasteiger partial charge in [0.1, 0.15) is 90.3 Å². The van der Waals surface area contributed by atoms with E-state index in [0.29, 0.717) is 69.9 Å². The largest absolute Gasteiger partial charge is 0.508 e. The number of aromatic nitrogens is 4. The molecule has 0 bridgehead atoms. The molecule has 0 spiro atoms. The summed E-state index contributed by atoms with van der Waals surface area (Å²) in [5, 5.41) is 50.2. The highest BCUT2D eigenvalue weighted by Crippen LogP contribution is 2.28. The number of aromatic hydroxyl groups is 1. The molecule has 3 aliphatic heterocycles. The number of likely N-dealkylation sites (N-methyl/N-ethyl adjacent to an activating group) is 3. The van der Waals surface area contributed by atoms with E-state index in [1.54, 1.807) is 62.6 Å². The van der Waals surface area contributed by atoms with Gasteiger partial charge in [-0.25, -0.2) is 4.98 Å². The fourth-order valence-corrected chi connectivity index (χ4v) is 17.6. The zero-order valence-corrected chi connectivity index (χ0v) is 77.7. The lowest BCUT2D eigenvalue weighted by molar-refractivity contribution is -0.149. The number of unbranched alkanes of at least 4 members (excludes halogenated alkanes) is 2. The molecule has 6 aromatic rings. The molecule has 17 amide bonds. The summed E-state index contributed by atoms with van der Waals surface area (Å²) in [5.41, 5.74) is 14.3. The molecule has 41 heteroatoms. The third-order valence-corrected chi connectivity index (χ3v) is 25.3. The van der Waals surface area contributed by atoms with Crippen molar-refractivity contribution in [3.05, 3.63) is 145 Å². The molecule has 3 aromatic heterocycles. The number of nitrogens with one attached hydrogen (secondary N) is 13. The molecular weight excluding hydrogens is 1750 g/mol. The quantitative estimate of drug-likeness (QED) is 0.0326. The number of amides is 17. The van der Waals surface area contributed by atoms with Gasteiger partial charge in [0.2, 0.25) is 100 Å². The Labute approximate surface area is 781 Å². The predicted octanol–water partition coefficient (Wildman–Crippen LogP) is 0.358. The van der Waals surface area contributed by atoms with Crippen molar-refractivity contribution in [2.45, 2.75) is 241 Å². The first-order valence-corrected chi connectivity index (χ1v) is 46.4. The van der Waals surface area contributed by atoms with E-state index in [1.165, 1.54) is 91.7 Å². The van der Waals surface area contributed by atoms with Crippen molar-refractivity contribution < 1.29 is 91.7 Å². The van der Waals surface area contributed by atoms with Gasteiger partial charge in [0, 0.05) is 125 Å². The Balaban J connectivity index is 1.10. The van der Waals surface area contributed by atoms with E-state index in [0.717, 1.165) is 21.6 Å². The molecule has 0 radical (unpaired) electrons. The van der Waals surface area contributed by atoms with E-state index in [2.05, 4.69) is 86.3 Å². The number of aliphatic hydroxyl groups is 1. The normalized spacial score (nSPS) is 24.9. The number of rotatable bonds is 26. The zero-order chi connectivity index (χ0) is 97.7. The zero-order valence-electron chi connectivity index (χ0n) is 76.9. The minimum atomic E-state index is -1.58. The molecule has 0 aliphatic carbocycles. The van der Waals surface area contributed by atoms with Crippen molar-refractivity contribution in [2.75, 3.05) is 52.3 Å². The first-order valence-electron chi connectivity index (χ1n) is 45.2. The first kappa shape index (κ1) is 104. The number of aliphatic hydroxyl groups excluding tert-OH is 1. The van der Waals surface area contributed by atoms with Gasteiger partial charge in [-0.2, -0.15) is 0 Å². The third-order valence-electron chi connectivity index (χ3n) is 24.2. The van der Waals surface area contributed by atoms with Crippen LogP contribution in [0.5, 0.6) is 5.75 Å². The second-order valence-corrected chi connectivity index (χ2v) is 35.7. The smallest absolute Gasteiger partial charge is 0.245 e. The third kappa shape index (κ3) is 28.5. The number of para-hydroxylation sites is 2. The number of carbonyl (C=O) groups is 17. The molecule has 19 N–H and O–H groups in total. The van der Waals surface area contributed by atoms with Crippen LogP contribution in [0, 0.1) is 5.92 Å². The number of phenols is 1. The Morgan fingerprint density at radius 2 is 1.07 bits per heavy atom. The van der Waals surface area contributed by atoms with Gasteiger partial charge in [-0.1, -0.05) is 114 Å². The van der Waals surface area contributed by atoms with Crippen molar-refractivity contribution in [3.63, 3.8) is 0 Å². The van der Waals surface area contributed by atoms with E-state index >= 15 is 43.2 Å². The van der Waals surface area contributed by atoms with Gasteiger partial charge in [-0.3, -0.25) is 81.5 Å². The second kappa shape index (κ2) is 49.9. The molecule has 724 valence electrons. The summed E-state index contributed by atoms with van der Waals surface area (Å²) in [6, 6.07) is -0.732. The number of nitrogens with two attached hydrogens (primary N) is 2. The number of hydrogen-bond donors (Lipinski definition) is 17. The Bertz CT molecular complexity index is 5200. The number of nitrogens with zero attached hydrogens (tertiary/aromatic N) is 6. The second-order valence-electron chi connectivity index (χ2n) is 34.7. The maximum atomic E-state index is 15.8. The standard InChI is InChI=1S/C93H127N21O19S/c1-11-15-28-73-86(126)103-65(23-14-4)83(123)109-72(81(121)99-47-78(95)118)49-134-50-79(119)101-70(39-54-31-33-58(115)34-32-54)89(129)110(8)53(7)80(120)104-66(35-36-77(94)117)91(131)113-37-21-30-74(113)87(127)106-68(42-57-46-96-51-100-57)85(125)107-69(38-52(5)6)92(132)114-48-59(116)43-76(114)88(128)105-67(40-55-44-97-62-26-19-17-24-60(55)62)84(124)102-64(22-13-3)82(122)108-71(41-56-45-98-63-27-20-18-25-61(56)63)90(130)112(10)75(29-16-12-2)93(133)111(73)9/h13-14,17-20,24-27,31-34,44-46,51-53,59,64-76,97-98,115-116H,3-4,11-12,15-16,21-23,28-30,35-43,47-50H2,1-2,5-10H3,(H2,94,117)(H2,95,118)(H,96,100)(H,99,121)(H,101,119)(H,102,124)(H,103,126)(H,104,120)(H,105,128)(H,106,127)(H,107,125)(H,108,122)(H,109,123)/t53-,59+,64-,65-,66-,67-,68-,69-,70-,71-,72-,73-,74-,75-,76?/m0/s1. The number of carbonyl (C=O) groups excluding carboxylic acids is 17. The molecule has 3 aromatic carbocycles. The van der Waals surface area contributed by atoms with Crippen molar-refractivity contribution >= 4 is 134 Å². The van der Waals surface area contributed by atoms with Crippen molar-refractivity contribution in [3.8, 4) is 5.75 Å². The summed E-state index contributed by atoms with van der Waals surface area (Å²) >= 11 is 0.790. The molecule has 3 fully saturated rings. The summed E-state index contributed by atoms with van der Waals surface area (Å²) < 4.78 is 0. The lowest BCUT2D eigenvalue weighted by Crippen LogP contribution is -2.61. The highest BCUT2D eigenvalue weighted by Gasteiger charge is 2.47. The van der Waals surface area contributed by atoms with Gasteiger partial charge in [0.15, 0.2) is 0 Å². The molecule has 40 nitrogen and oxygen atoms in total. The van der Waals surface area contributed by atoms with Crippen LogP contribution in [-0.4, -0.2) is 298 Å². The van der Waals surface area contributed by atoms with Crippen LogP contribution in [0.1, 0.15) is 147 Å². The van der Waals surface area contributed by atoms with Crippen LogP contribution in [0.2, 0.25) is 0 Å². The molecule has 0 saturated carbocycles. The van der Waals surface area contributed by atoms with Gasteiger partial charge in [-0.05, 0) is 105 Å².